The van der Waals surface area contributed by atoms with E-state index in [1.807, 2.05) is 0 Å². The fraction of sp³-hybridized carbons (Fsp3) is 0. The zero-order chi connectivity index (χ0) is 10.3. The van der Waals surface area contributed by atoms with Gasteiger partial charge in [-0.3, -0.25) is 9.59 Å². The molecule has 0 atom stereocenters. The topological polar surface area (TPSA) is 34.1 Å². The summed E-state index contributed by atoms with van der Waals surface area (Å²) < 4.78 is 26.9. The molecule has 0 aliphatic carbocycles. The van der Waals surface area contributed by atoms with Crippen LogP contribution >= 0.6 is 22.1 Å². The minimum Gasteiger partial charge on any atom is -0.297 e. The molecule has 0 amide bonds. The summed E-state index contributed by atoms with van der Waals surface area (Å²) in [5.41, 5.74) is 0. The average Bonchev–Trinajstić information content (AvgIpc) is 2.65. The van der Waals surface area contributed by atoms with E-state index in [-0.39, 0.29) is 16.1 Å². The Hall–Kier alpha value is -1.01. The van der Waals surface area contributed by atoms with Crippen molar-refractivity contribution in [1.82, 2.24) is 0 Å². The number of hydrogen-bond donors (Lipinski definition) is 0. The van der Waals surface area contributed by atoms with Crippen molar-refractivity contribution in [2.24, 2.45) is 0 Å². The van der Waals surface area contributed by atoms with Crippen LogP contribution in [-0.2, 0) is 4.79 Å². The van der Waals surface area contributed by atoms with E-state index in [9.17, 15) is 17.4 Å². The Kier molecular flexibility index (Phi) is 2.04. The van der Waals surface area contributed by atoms with Crippen LogP contribution in [0, 0.1) is 0 Å². The third-order valence-corrected chi connectivity index (χ3v) is 4.65. The van der Waals surface area contributed by atoms with Gasteiger partial charge >= 0.3 is 0 Å². The lowest BCUT2D eigenvalue weighted by Gasteiger charge is -2.14. The molecule has 0 saturated carbocycles. The Labute approximate surface area is 84.1 Å². The van der Waals surface area contributed by atoms with Crippen LogP contribution < -0.4 is 0 Å². The Balaban J connectivity index is 2.60. The molecule has 0 bridgehead atoms. The second-order valence-corrected chi connectivity index (χ2v) is 5.59. The predicted octanol–water partition coefficient (Wildman–Crippen LogP) is 3.05. The van der Waals surface area contributed by atoms with Crippen LogP contribution in [0.5, 0.6) is 0 Å². The molecule has 0 saturated heterocycles. The SMILES string of the molecule is O=CC1=Cc2sc(C=O)cc2S1(F)F. The van der Waals surface area contributed by atoms with Crippen molar-refractivity contribution >= 4 is 40.8 Å². The first-order valence-electron chi connectivity index (χ1n) is 3.58. The average molecular weight is 234 g/mol. The highest BCUT2D eigenvalue weighted by atomic mass is 32.3. The standard InChI is InChI=1S/C8H4F2O2S2/c9-14(10)6(4-12)2-7-8(14)1-5(3-11)13-7/h1-4H. The summed E-state index contributed by atoms with van der Waals surface area (Å²) in [6, 6.07) is 1.16. The molecule has 0 unspecified atom stereocenters. The molecular formula is C8H4F2O2S2. The number of fused-ring (bicyclic) bond motifs is 1. The van der Waals surface area contributed by atoms with E-state index in [0.29, 0.717) is 11.2 Å². The zero-order valence-electron chi connectivity index (χ0n) is 6.70. The quantitative estimate of drug-likeness (QED) is 0.737. The molecule has 6 heteroatoms. The van der Waals surface area contributed by atoms with Gasteiger partial charge < -0.3 is 0 Å². The molecular weight excluding hydrogens is 230 g/mol. The molecule has 2 heterocycles. The third-order valence-electron chi connectivity index (χ3n) is 1.82. The van der Waals surface area contributed by atoms with Crippen molar-refractivity contribution in [3.8, 4) is 0 Å². The van der Waals surface area contributed by atoms with Gasteiger partial charge in [0.15, 0.2) is 12.6 Å². The largest absolute Gasteiger partial charge is 0.297 e. The summed E-state index contributed by atoms with van der Waals surface area (Å²) in [4.78, 5) is 20.7. The molecule has 0 radical (unpaired) electrons. The van der Waals surface area contributed by atoms with E-state index in [1.165, 1.54) is 0 Å². The van der Waals surface area contributed by atoms with Gasteiger partial charge in [0, 0.05) is 4.88 Å². The summed E-state index contributed by atoms with van der Waals surface area (Å²) in [6.45, 7) is 0. The smallest absolute Gasteiger partial charge is 0.160 e. The van der Waals surface area contributed by atoms with Crippen molar-refractivity contribution in [3.63, 3.8) is 0 Å². The molecule has 1 aromatic heterocycles. The van der Waals surface area contributed by atoms with Crippen molar-refractivity contribution < 1.29 is 17.4 Å². The van der Waals surface area contributed by atoms with Gasteiger partial charge in [0.2, 0.25) is 0 Å². The van der Waals surface area contributed by atoms with E-state index in [0.717, 1.165) is 23.5 Å². The highest BCUT2D eigenvalue weighted by molar-refractivity contribution is 8.29. The Morgan fingerprint density at radius 2 is 2.00 bits per heavy atom. The summed E-state index contributed by atoms with van der Waals surface area (Å²) in [5, 5.41) is 0. The molecule has 0 N–H and O–H groups in total. The number of carbonyl (C=O) groups is 2. The molecule has 0 spiro atoms. The molecule has 1 aliphatic heterocycles. The summed E-state index contributed by atoms with van der Waals surface area (Å²) >= 11 is 0.981. The van der Waals surface area contributed by atoms with Gasteiger partial charge in [0.1, 0.15) is 10.8 Å². The van der Waals surface area contributed by atoms with E-state index >= 15 is 0 Å². The second-order valence-electron chi connectivity index (χ2n) is 2.63. The van der Waals surface area contributed by atoms with Crippen LogP contribution in [0.3, 0.4) is 0 Å². The molecule has 1 aliphatic rings. The molecule has 74 valence electrons. The van der Waals surface area contributed by atoms with E-state index in [1.54, 1.807) is 0 Å². The highest BCUT2D eigenvalue weighted by Crippen LogP contribution is 2.70. The molecule has 2 rings (SSSR count). The lowest BCUT2D eigenvalue weighted by molar-refractivity contribution is -0.104. The molecule has 0 fully saturated rings. The lowest BCUT2D eigenvalue weighted by atomic mass is 10.4. The van der Waals surface area contributed by atoms with Crippen LogP contribution in [0.1, 0.15) is 14.5 Å². The number of allylic oxidation sites excluding steroid dienone is 1. The molecule has 2 nitrogen and oxygen atoms in total. The van der Waals surface area contributed by atoms with Gasteiger partial charge in [-0.25, -0.2) is 0 Å². The minimum atomic E-state index is -4.14. The van der Waals surface area contributed by atoms with Gasteiger partial charge in [-0.05, 0) is 12.1 Å². The fourth-order valence-corrected chi connectivity index (χ4v) is 3.83. The van der Waals surface area contributed by atoms with Crippen LogP contribution in [0.15, 0.2) is 15.9 Å². The Bertz CT molecular complexity index is 448. The normalized spacial score (nSPS) is 19.7. The van der Waals surface area contributed by atoms with Crippen molar-refractivity contribution in [2.75, 3.05) is 0 Å². The van der Waals surface area contributed by atoms with Crippen LogP contribution in [0.25, 0.3) is 6.08 Å². The number of thiophene rings is 1. The molecule has 14 heavy (non-hydrogen) atoms. The molecule has 0 aromatic carbocycles. The van der Waals surface area contributed by atoms with Gasteiger partial charge in [0.25, 0.3) is 0 Å². The van der Waals surface area contributed by atoms with Crippen LogP contribution in [-0.4, -0.2) is 12.6 Å². The first kappa shape index (κ1) is 9.54. The third kappa shape index (κ3) is 1.14. The minimum absolute atomic E-state index is 0.160. The highest BCUT2D eigenvalue weighted by Gasteiger charge is 2.39. The Morgan fingerprint density at radius 3 is 2.50 bits per heavy atom. The van der Waals surface area contributed by atoms with Gasteiger partial charge in [-0.2, -0.15) is 0 Å². The summed E-state index contributed by atoms with van der Waals surface area (Å²) in [6.07, 6.45) is 1.88. The van der Waals surface area contributed by atoms with Gasteiger partial charge in [-0.15, -0.1) is 19.1 Å². The zero-order valence-corrected chi connectivity index (χ0v) is 8.33. The number of carbonyl (C=O) groups excluding carboxylic acids is 2. The van der Waals surface area contributed by atoms with Crippen LogP contribution in [0.4, 0.5) is 7.77 Å². The van der Waals surface area contributed by atoms with Crippen LogP contribution in [0.2, 0.25) is 0 Å². The fourth-order valence-electron chi connectivity index (χ4n) is 1.19. The number of rotatable bonds is 2. The predicted molar refractivity (Wildman–Crippen MR) is 51.8 cm³/mol. The van der Waals surface area contributed by atoms with E-state index in [4.69, 9.17) is 0 Å². The first-order chi connectivity index (χ1) is 6.59. The first-order valence-corrected chi connectivity index (χ1v) is 5.83. The lowest BCUT2D eigenvalue weighted by Crippen LogP contribution is -1.87. The maximum absolute atomic E-state index is 13.4. The van der Waals surface area contributed by atoms with Gasteiger partial charge in [0.05, 0.1) is 14.7 Å². The van der Waals surface area contributed by atoms with E-state index in [2.05, 4.69) is 0 Å². The van der Waals surface area contributed by atoms with Crippen molar-refractivity contribution in [3.05, 3.63) is 20.7 Å². The van der Waals surface area contributed by atoms with Gasteiger partial charge in [-0.1, -0.05) is 0 Å². The number of aldehydes is 2. The Morgan fingerprint density at radius 1 is 1.29 bits per heavy atom. The van der Waals surface area contributed by atoms with Crippen molar-refractivity contribution in [1.29, 1.82) is 0 Å². The summed E-state index contributed by atoms with van der Waals surface area (Å²) in [5.74, 6) is 0. The second kappa shape index (κ2) is 2.99. The molecule has 1 aromatic rings. The van der Waals surface area contributed by atoms with E-state index < -0.39 is 15.7 Å². The maximum atomic E-state index is 13.4. The number of halogens is 2. The maximum Gasteiger partial charge on any atom is 0.160 e. The summed E-state index contributed by atoms with van der Waals surface area (Å²) in [7, 11) is -4.14. The number of hydrogen-bond acceptors (Lipinski definition) is 3. The van der Waals surface area contributed by atoms with Crippen molar-refractivity contribution in [2.45, 2.75) is 4.90 Å². The monoisotopic (exact) mass is 234 g/mol.